The fourth-order valence-corrected chi connectivity index (χ4v) is 3.71. The molecule has 0 saturated heterocycles. The number of nitrogens with two attached hydrogens (primary N) is 2. The summed E-state index contributed by atoms with van der Waals surface area (Å²) >= 11 is 0. The molecule has 21 heavy (non-hydrogen) atoms. The molecule has 0 aliphatic heterocycles. The first-order valence-electron chi connectivity index (χ1n) is 6.66. The van der Waals surface area contributed by atoms with Gasteiger partial charge >= 0.3 is 0 Å². The molecule has 2 rings (SSSR count). The van der Waals surface area contributed by atoms with Gasteiger partial charge in [0.05, 0.1) is 11.8 Å². The summed E-state index contributed by atoms with van der Waals surface area (Å²) in [5, 5.41) is 9.43. The Bertz CT molecular complexity index is 645. The van der Waals surface area contributed by atoms with Crippen molar-refractivity contribution < 1.29 is 18.3 Å². The van der Waals surface area contributed by atoms with E-state index in [0.29, 0.717) is 12.8 Å². The van der Waals surface area contributed by atoms with Crippen molar-refractivity contribution in [1.29, 1.82) is 0 Å². The summed E-state index contributed by atoms with van der Waals surface area (Å²) in [5.74, 6) is -0.542. The molecule has 1 aromatic carbocycles. The Balaban J connectivity index is 2.10. The van der Waals surface area contributed by atoms with E-state index in [1.807, 2.05) is 0 Å². The highest BCUT2D eigenvalue weighted by Crippen LogP contribution is 2.26. The van der Waals surface area contributed by atoms with Crippen LogP contribution in [-0.4, -0.2) is 32.1 Å². The van der Waals surface area contributed by atoms with Gasteiger partial charge in [0.15, 0.2) is 0 Å². The Labute approximate surface area is 123 Å². The van der Waals surface area contributed by atoms with Crippen molar-refractivity contribution in [1.82, 2.24) is 4.72 Å². The van der Waals surface area contributed by atoms with Crippen LogP contribution in [0.3, 0.4) is 0 Å². The lowest BCUT2D eigenvalue weighted by Gasteiger charge is -2.13. The number of rotatable bonds is 5. The molecule has 0 spiro atoms. The lowest BCUT2D eigenvalue weighted by Crippen LogP contribution is -2.29. The molecule has 8 heteroatoms. The second-order valence-electron chi connectivity index (χ2n) is 5.30. The number of nitrogens with one attached hydrogen (secondary N) is 1. The van der Waals surface area contributed by atoms with Gasteiger partial charge in [0.2, 0.25) is 15.9 Å². The first-order chi connectivity index (χ1) is 9.79. The van der Waals surface area contributed by atoms with Crippen molar-refractivity contribution in [3.63, 3.8) is 0 Å². The van der Waals surface area contributed by atoms with Gasteiger partial charge in [-0.2, -0.15) is 0 Å². The maximum Gasteiger partial charge on any atom is 0.248 e. The van der Waals surface area contributed by atoms with E-state index >= 15 is 0 Å². The Kier molecular flexibility index (Phi) is 4.50. The third-order valence-corrected chi connectivity index (χ3v) is 5.16. The highest BCUT2D eigenvalue weighted by atomic mass is 32.2. The minimum atomic E-state index is -3.75. The molecule has 1 aliphatic rings. The molecule has 116 valence electrons. The number of primary amides is 1. The SMILES string of the molecule is NC(=O)c1ccc(S(=O)(=O)NCC2CCC(O)C2)c(N)c1. The maximum absolute atomic E-state index is 12.2. The zero-order valence-electron chi connectivity index (χ0n) is 11.5. The second kappa shape index (κ2) is 6.00. The fraction of sp³-hybridized carbons (Fsp3) is 0.462. The van der Waals surface area contributed by atoms with Gasteiger partial charge in [-0.05, 0) is 43.4 Å². The van der Waals surface area contributed by atoms with E-state index in [4.69, 9.17) is 11.5 Å². The summed E-state index contributed by atoms with van der Waals surface area (Å²) in [5.41, 5.74) is 10.9. The first-order valence-corrected chi connectivity index (χ1v) is 8.15. The molecule has 0 heterocycles. The average Bonchev–Trinajstić information content (AvgIpc) is 2.82. The van der Waals surface area contributed by atoms with Gasteiger partial charge in [-0.15, -0.1) is 0 Å². The number of anilines is 1. The monoisotopic (exact) mass is 313 g/mol. The Morgan fingerprint density at radius 2 is 2.10 bits per heavy atom. The van der Waals surface area contributed by atoms with Crippen LogP contribution in [0.1, 0.15) is 29.6 Å². The third kappa shape index (κ3) is 3.72. The molecule has 1 saturated carbocycles. The number of carbonyl (C=O) groups is 1. The number of hydrogen-bond acceptors (Lipinski definition) is 5. The van der Waals surface area contributed by atoms with Crippen molar-refractivity contribution >= 4 is 21.6 Å². The predicted octanol–water partition coefficient (Wildman–Crippen LogP) is -0.193. The maximum atomic E-state index is 12.2. The molecule has 2 atom stereocenters. The Hall–Kier alpha value is -1.64. The van der Waals surface area contributed by atoms with Crippen LogP contribution < -0.4 is 16.2 Å². The lowest BCUT2D eigenvalue weighted by molar-refractivity contribution is 0.1000. The summed E-state index contributed by atoms with van der Waals surface area (Å²) in [7, 11) is -3.75. The average molecular weight is 313 g/mol. The molecule has 1 aromatic rings. The van der Waals surface area contributed by atoms with E-state index < -0.39 is 15.9 Å². The van der Waals surface area contributed by atoms with E-state index in [0.717, 1.165) is 6.42 Å². The van der Waals surface area contributed by atoms with Crippen LogP contribution in [-0.2, 0) is 10.0 Å². The van der Waals surface area contributed by atoms with E-state index in [1.54, 1.807) is 0 Å². The van der Waals surface area contributed by atoms with Crippen LogP contribution in [0.25, 0.3) is 0 Å². The van der Waals surface area contributed by atoms with Crippen LogP contribution in [0.15, 0.2) is 23.1 Å². The fourth-order valence-electron chi connectivity index (χ4n) is 2.49. The van der Waals surface area contributed by atoms with E-state index in [-0.39, 0.29) is 34.7 Å². The van der Waals surface area contributed by atoms with E-state index in [2.05, 4.69) is 4.72 Å². The number of sulfonamides is 1. The summed E-state index contributed by atoms with van der Waals surface area (Å²) in [4.78, 5) is 10.9. The second-order valence-corrected chi connectivity index (χ2v) is 7.04. The minimum absolute atomic E-state index is 0.0229. The lowest BCUT2D eigenvalue weighted by atomic mass is 10.1. The van der Waals surface area contributed by atoms with Crippen molar-refractivity contribution in [3.8, 4) is 0 Å². The summed E-state index contributed by atoms with van der Waals surface area (Å²) in [6, 6.07) is 3.84. The quantitative estimate of drug-likeness (QED) is 0.558. The standard InChI is InChI=1S/C13H19N3O4S/c14-11-6-9(13(15)18)2-4-12(11)21(19,20)16-7-8-1-3-10(17)5-8/h2,4,6,8,10,16-17H,1,3,5,7,14H2,(H2,15,18). The highest BCUT2D eigenvalue weighted by Gasteiger charge is 2.25. The van der Waals surface area contributed by atoms with Gasteiger partial charge in [0.1, 0.15) is 4.90 Å². The minimum Gasteiger partial charge on any atom is -0.398 e. The Morgan fingerprint density at radius 3 is 2.62 bits per heavy atom. The number of nitrogen functional groups attached to an aromatic ring is 1. The molecule has 0 bridgehead atoms. The van der Waals surface area contributed by atoms with Crippen molar-refractivity contribution in [2.24, 2.45) is 11.7 Å². The number of aliphatic hydroxyl groups excluding tert-OH is 1. The molecule has 0 aromatic heterocycles. The smallest absolute Gasteiger partial charge is 0.248 e. The van der Waals surface area contributed by atoms with Gasteiger partial charge in [-0.1, -0.05) is 0 Å². The number of amides is 1. The van der Waals surface area contributed by atoms with Crippen LogP contribution in [0, 0.1) is 5.92 Å². The number of carbonyl (C=O) groups excluding carboxylic acids is 1. The highest BCUT2D eigenvalue weighted by molar-refractivity contribution is 7.89. The topological polar surface area (TPSA) is 136 Å². The molecule has 1 fully saturated rings. The molecule has 0 radical (unpaired) electrons. The van der Waals surface area contributed by atoms with Crippen LogP contribution in [0.4, 0.5) is 5.69 Å². The summed E-state index contributed by atoms with van der Waals surface area (Å²) < 4.78 is 26.9. The number of aliphatic hydroxyl groups is 1. The molecule has 7 nitrogen and oxygen atoms in total. The van der Waals surface area contributed by atoms with Gasteiger partial charge in [0, 0.05) is 12.1 Å². The molecular weight excluding hydrogens is 294 g/mol. The van der Waals surface area contributed by atoms with Crippen LogP contribution >= 0.6 is 0 Å². The third-order valence-electron chi connectivity index (χ3n) is 3.66. The molecular formula is C13H19N3O4S. The van der Waals surface area contributed by atoms with Gasteiger partial charge in [-0.25, -0.2) is 13.1 Å². The zero-order valence-corrected chi connectivity index (χ0v) is 12.3. The van der Waals surface area contributed by atoms with Gasteiger partial charge in [0.25, 0.3) is 0 Å². The first kappa shape index (κ1) is 15.7. The summed E-state index contributed by atoms with van der Waals surface area (Å²) in [6.07, 6.45) is 1.74. The molecule has 2 unspecified atom stereocenters. The van der Waals surface area contributed by atoms with Crippen molar-refractivity contribution in [2.45, 2.75) is 30.3 Å². The van der Waals surface area contributed by atoms with Gasteiger partial charge < -0.3 is 16.6 Å². The molecule has 1 aliphatic carbocycles. The van der Waals surface area contributed by atoms with Crippen LogP contribution in [0.5, 0.6) is 0 Å². The zero-order chi connectivity index (χ0) is 15.6. The predicted molar refractivity (Wildman–Crippen MR) is 77.9 cm³/mol. The van der Waals surface area contributed by atoms with Crippen LogP contribution in [0.2, 0.25) is 0 Å². The largest absolute Gasteiger partial charge is 0.398 e. The van der Waals surface area contributed by atoms with Gasteiger partial charge in [-0.3, -0.25) is 4.79 Å². The summed E-state index contributed by atoms with van der Waals surface area (Å²) in [6.45, 7) is 0.260. The molecule has 1 amide bonds. The van der Waals surface area contributed by atoms with Crippen molar-refractivity contribution in [3.05, 3.63) is 23.8 Å². The van der Waals surface area contributed by atoms with Crippen molar-refractivity contribution in [2.75, 3.05) is 12.3 Å². The normalized spacial score (nSPS) is 22.3. The Morgan fingerprint density at radius 1 is 1.38 bits per heavy atom. The number of hydrogen-bond donors (Lipinski definition) is 4. The van der Waals surface area contributed by atoms with E-state index in [1.165, 1.54) is 18.2 Å². The number of benzene rings is 1. The molecule has 6 N–H and O–H groups in total. The van der Waals surface area contributed by atoms with E-state index in [9.17, 15) is 18.3 Å².